The average molecular weight is 301 g/mol. The van der Waals surface area contributed by atoms with Gasteiger partial charge in [-0.1, -0.05) is 11.8 Å². The molecule has 0 rings (SSSR count). The van der Waals surface area contributed by atoms with Crippen LogP contribution in [0.15, 0.2) is 4.99 Å². The lowest BCUT2D eigenvalue weighted by atomic mass is 10.4. The summed E-state index contributed by atoms with van der Waals surface area (Å²) in [5.74, 6) is 0. The zero-order chi connectivity index (χ0) is 8.85. The molecule has 0 fully saturated rings. The van der Waals surface area contributed by atoms with Gasteiger partial charge in [0.1, 0.15) is 0 Å². The van der Waals surface area contributed by atoms with E-state index in [4.69, 9.17) is 0 Å². The van der Waals surface area contributed by atoms with Gasteiger partial charge in [0.25, 0.3) is 0 Å². The first kappa shape index (κ1) is 15.0. The van der Waals surface area contributed by atoms with Crippen molar-refractivity contribution in [2.75, 3.05) is 6.26 Å². The first-order valence-electron chi connectivity index (χ1n) is 3.94. The maximum Gasteiger partial charge on any atom is 0.156 e. The minimum atomic E-state index is 0. The molecule has 0 bridgehead atoms. The van der Waals surface area contributed by atoms with Gasteiger partial charge in [0.15, 0.2) is 5.17 Å². The molecule has 0 saturated heterocycles. The van der Waals surface area contributed by atoms with Crippen LogP contribution in [0.3, 0.4) is 0 Å². The summed E-state index contributed by atoms with van der Waals surface area (Å²) in [7, 11) is 0. The second-order valence-corrected chi connectivity index (χ2v) is 3.83. The fourth-order valence-electron chi connectivity index (χ4n) is 0.630. The lowest BCUT2D eigenvalue weighted by Crippen LogP contribution is -3.00. The molecule has 0 aliphatic heterocycles. The van der Waals surface area contributed by atoms with Crippen LogP contribution in [0.2, 0.25) is 0 Å². The van der Waals surface area contributed by atoms with E-state index < -0.39 is 0 Å². The summed E-state index contributed by atoms with van der Waals surface area (Å²) in [5.41, 5.74) is 0. The number of hydrogen-bond donors (Lipinski definition) is 1. The molecule has 74 valence electrons. The van der Waals surface area contributed by atoms with Gasteiger partial charge in [-0.3, -0.25) is 4.99 Å². The van der Waals surface area contributed by atoms with Gasteiger partial charge in [-0.25, -0.2) is 0 Å². The topological polar surface area (TPSA) is 24.4 Å². The Hall–Kier alpha value is 0.550. The van der Waals surface area contributed by atoms with Gasteiger partial charge in [-0.2, -0.15) is 0 Å². The molecule has 0 aliphatic rings. The lowest BCUT2D eigenvalue weighted by molar-refractivity contribution is -0.00000296. The average Bonchev–Trinajstić information content (AvgIpc) is 1.84. The first-order chi connectivity index (χ1) is 5.06. The normalized spacial score (nSPS) is 11.8. The summed E-state index contributed by atoms with van der Waals surface area (Å²) in [6.07, 6.45) is 2.04. The highest BCUT2D eigenvalue weighted by atomic mass is 127. The Morgan fingerprint density at radius 2 is 1.75 bits per heavy atom. The third kappa shape index (κ3) is 8.64. The third-order valence-electron chi connectivity index (χ3n) is 0.981. The number of amidine groups is 1. The van der Waals surface area contributed by atoms with Crippen LogP contribution in [0, 0.1) is 0 Å². The Morgan fingerprint density at radius 1 is 1.25 bits per heavy atom. The molecule has 0 heterocycles. The van der Waals surface area contributed by atoms with Gasteiger partial charge in [0.2, 0.25) is 0 Å². The summed E-state index contributed by atoms with van der Waals surface area (Å²) in [4.78, 5) is 4.40. The van der Waals surface area contributed by atoms with Gasteiger partial charge >= 0.3 is 0 Å². The summed E-state index contributed by atoms with van der Waals surface area (Å²) in [6, 6.07) is 0.851. The number of thioether (sulfide) groups is 1. The second-order valence-electron chi connectivity index (χ2n) is 3.03. The van der Waals surface area contributed by atoms with E-state index in [-0.39, 0.29) is 24.0 Å². The highest BCUT2D eigenvalue weighted by molar-refractivity contribution is 8.13. The quantitative estimate of drug-likeness (QED) is 0.407. The van der Waals surface area contributed by atoms with Crippen molar-refractivity contribution in [2.45, 2.75) is 39.8 Å². The van der Waals surface area contributed by atoms with Crippen molar-refractivity contribution in [1.29, 1.82) is 0 Å². The number of nitrogens with one attached hydrogen (secondary N) is 1. The van der Waals surface area contributed by atoms with Crippen LogP contribution in [0.5, 0.6) is 0 Å². The van der Waals surface area contributed by atoms with Crippen molar-refractivity contribution < 1.29 is 24.0 Å². The monoisotopic (exact) mass is 301 g/mol. The van der Waals surface area contributed by atoms with Crippen molar-refractivity contribution in [3.63, 3.8) is 0 Å². The fraction of sp³-hybridized carbons (Fsp3) is 0.875. The minimum Gasteiger partial charge on any atom is -1.00 e. The van der Waals surface area contributed by atoms with Crippen LogP contribution in [-0.2, 0) is 0 Å². The molecule has 0 atom stereocenters. The SMILES string of the molecule is CSC(=NC(C)C)NC(C)C.[I-]. The van der Waals surface area contributed by atoms with Crippen LogP contribution in [0.4, 0.5) is 0 Å². The van der Waals surface area contributed by atoms with Crippen molar-refractivity contribution in [2.24, 2.45) is 4.99 Å². The van der Waals surface area contributed by atoms with E-state index in [1.807, 2.05) is 6.26 Å². The highest BCUT2D eigenvalue weighted by Gasteiger charge is 1.99. The van der Waals surface area contributed by atoms with Gasteiger partial charge in [-0.05, 0) is 34.0 Å². The van der Waals surface area contributed by atoms with Crippen molar-refractivity contribution >= 4 is 16.9 Å². The van der Waals surface area contributed by atoms with E-state index in [1.54, 1.807) is 11.8 Å². The smallest absolute Gasteiger partial charge is 0.156 e. The van der Waals surface area contributed by atoms with Crippen LogP contribution in [0.1, 0.15) is 27.7 Å². The minimum absolute atomic E-state index is 0. The number of hydrogen-bond acceptors (Lipinski definition) is 2. The Bertz CT molecular complexity index is 135. The van der Waals surface area contributed by atoms with Gasteiger partial charge in [-0.15, -0.1) is 0 Å². The molecule has 12 heavy (non-hydrogen) atoms. The molecular formula is C8H18IN2S-. The van der Waals surface area contributed by atoms with Crippen molar-refractivity contribution in [3.05, 3.63) is 0 Å². The molecule has 2 nitrogen and oxygen atoms in total. The number of halogens is 1. The van der Waals surface area contributed by atoms with E-state index in [2.05, 4.69) is 38.0 Å². The molecule has 0 aromatic carbocycles. The zero-order valence-electron chi connectivity index (χ0n) is 8.39. The van der Waals surface area contributed by atoms with E-state index >= 15 is 0 Å². The third-order valence-corrected chi connectivity index (χ3v) is 1.59. The standard InChI is InChI=1S/C8H18N2S.HI/c1-6(2)9-8(11-5)10-7(3)4;/h6-7H,1-5H3,(H,9,10);1H/p-1. The largest absolute Gasteiger partial charge is 1.00 e. The van der Waals surface area contributed by atoms with Gasteiger partial charge < -0.3 is 29.3 Å². The molecule has 0 aromatic heterocycles. The van der Waals surface area contributed by atoms with E-state index in [0.717, 1.165) is 5.17 Å². The summed E-state index contributed by atoms with van der Waals surface area (Å²) >= 11 is 1.67. The molecule has 0 radical (unpaired) electrons. The molecular weight excluding hydrogens is 283 g/mol. The van der Waals surface area contributed by atoms with Gasteiger partial charge in [0.05, 0.1) is 0 Å². The maximum atomic E-state index is 4.40. The predicted molar refractivity (Wildman–Crippen MR) is 54.4 cm³/mol. The van der Waals surface area contributed by atoms with Crippen molar-refractivity contribution in [3.8, 4) is 0 Å². The zero-order valence-corrected chi connectivity index (χ0v) is 11.4. The second kappa shape index (κ2) is 8.16. The Morgan fingerprint density at radius 3 is 2.00 bits per heavy atom. The summed E-state index contributed by atoms with van der Waals surface area (Å²) in [6.45, 7) is 8.40. The van der Waals surface area contributed by atoms with Crippen LogP contribution in [-0.4, -0.2) is 23.5 Å². The van der Waals surface area contributed by atoms with Crippen LogP contribution in [0.25, 0.3) is 0 Å². The van der Waals surface area contributed by atoms with E-state index in [0.29, 0.717) is 12.1 Å². The van der Waals surface area contributed by atoms with E-state index in [1.165, 1.54) is 0 Å². The Kier molecular flexibility index (Phi) is 10.2. The summed E-state index contributed by atoms with van der Waals surface area (Å²) in [5, 5.41) is 4.31. The number of nitrogens with zero attached hydrogens (tertiary/aromatic N) is 1. The predicted octanol–water partition coefficient (Wildman–Crippen LogP) is -0.884. The summed E-state index contributed by atoms with van der Waals surface area (Å²) < 4.78 is 0. The van der Waals surface area contributed by atoms with Crippen molar-refractivity contribution in [1.82, 2.24) is 5.32 Å². The van der Waals surface area contributed by atoms with Gasteiger partial charge in [0, 0.05) is 12.1 Å². The molecule has 0 aliphatic carbocycles. The van der Waals surface area contributed by atoms with Crippen LogP contribution < -0.4 is 29.3 Å². The molecule has 0 spiro atoms. The van der Waals surface area contributed by atoms with E-state index in [9.17, 15) is 0 Å². The Labute approximate surface area is 97.0 Å². The first-order valence-corrected chi connectivity index (χ1v) is 5.17. The van der Waals surface area contributed by atoms with Crippen LogP contribution >= 0.6 is 11.8 Å². The molecule has 4 heteroatoms. The molecule has 0 amide bonds. The lowest BCUT2D eigenvalue weighted by Gasteiger charge is -2.11. The number of rotatable bonds is 2. The maximum absolute atomic E-state index is 4.40. The Balaban J connectivity index is 0. The number of aliphatic imine (C=N–C) groups is 1. The molecule has 0 unspecified atom stereocenters. The fourth-order valence-corrected chi connectivity index (χ4v) is 1.30. The molecule has 0 aromatic rings. The molecule has 0 saturated carbocycles. The molecule has 1 N–H and O–H groups in total. The highest BCUT2D eigenvalue weighted by Crippen LogP contribution is 1.99.